The molecule has 0 bridgehead atoms. The van der Waals surface area contributed by atoms with Crippen LogP contribution in [0, 0.1) is 5.92 Å². The summed E-state index contributed by atoms with van der Waals surface area (Å²) in [6.07, 6.45) is 8.19. The van der Waals surface area contributed by atoms with Crippen molar-refractivity contribution in [2.45, 2.75) is 57.5 Å². The van der Waals surface area contributed by atoms with E-state index < -0.39 is 0 Å². The zero-order chi connectivity index (χ0) is 9.97. The zero-order valence-electron chi connectivity index (χ0n) is 9.41. The van der Waals surface area contributed by atoms with Crippen molar-refractivity contribution in [3.8, 4) is 0 Å². The summed E-state index contributed by atoms with van der Waals surface area (Å²) < 4.78 is 0. The molecule has 0 saturated heterocycles. The Morgan fingerprint density at radius 1 is 1.29 bits per heavy atom. The van der Waals surface area contributed by atoms with Gasteiger partial charge in [-0.3, -0.25) is 4.90 Å². The van der Waals surface area contributed by atoms with Gasteiger partial charge in [-0.25, -0.2) is 0 Å². The van der Waals surface area contributed by atoms with E-state index in [1.165, 1.54) is 45.1 Å². The summed E-state index contributed by atoms with van der Waals surface area (Å²) in [5.74, 6) is 1.02. The van der Waals surface area contributed by atoms with Gasteiger partial charge in [0.15, 0.2) is 0 Å². The van der Waals surface area contributed by atoms with Gasteiger partial charge in [0.25, 0.3) is 0 Å². The third-order valence-corrected chi connectivity index (χ3v) is 3.38. The molecule has 0 amide bonds. The number of hydrogen-bond donors (Lipinski definition) is 1. The van der Waals surface area contributed by atoms with Crippen molar-refractivity contribution in [2.75, 3.05) is 13.1 Å². The summed E-state index contributed by atoms with van der Waals surface area (Å²) in [7, 11) is 0. The summed E-state index contributed by atoms with van der Waals surface area (Å²) in [5, 5.41) is 0. The van der Waals surface area contributed by atoms with E-state index in [0.29, 0.717) is 6.04 Å². The molecule has 14 heavy (non-hydrogen) atoms. The standard InChI is InChI=1S/C12H24N2/c1-2-3-11(13)9-14(12-6-7-12)8-10-4-5-10/h10-12H,2-9,13H2,1H3. The van der Waals surface area contributed by atoms with Gasteiger partial charge in [-0.15, -0.1) is 0 Å². The Hall–Kier alpha value is -0.0800. The molecule has 0 radical (unpaired) electrons. The predicted molar refractivity (Wildman–Crippen MR) is 60.2 cm³/mol. The second-order valence-corrected chi connectivity index (χ2v) is 5.18. The molecule has 0 heterocycles. The topological polar surface area (TPSA) is 29.3 Å². The van der Waals surface area contributed by atoms with Gasteiger partial charge in [0, 0.05) is 25.2 Å². The third-order valence-electron chi connectivity index (χ3n) is 3.38. The number of rotatable bonds is 7. The first-order chi connectivity index (χ1) is 6.79. The molecule has 0 aromatic carbocycles. The second-order valence-electron chi connectivity index (χ2n) is 5.18. The monoisotopic (exact) mass is 196 g/mol. The first-order valence-corrected chi connectivity index (χ1v) is 6.29. The van der Waals surface area contributed by atoms with Gasteiger partial charge in [0.05, 0.1) is 0 Å². The Bertz CT molecular complexity index is 173. The van der Waals surface area contributed by atoms with Crippen LogP contribution in [-0.2, 0) is 0 Å². The fraction of sp³-hybridized carbons (Fsp3) is 1.00. The van der Waals surface area contributed by atoms with E-state index in [2.05, 4.69) is 11.8 Å². The Kier molecular flexibility index (Phi) is 3.45. The van der Waals surface area contributed by atoms with Crippen molar-refractivity contribution in [1.29, 1.82) is 0 Å². The number of nitrogens with zero attached hydrogens (tertiary/aromatic N) is 1. The van der Waals surface area contributed by atoms with Crippen molar-refractivity contribution in [3.05, 3.63) is 0 Å². The lowest BCUT2D eigenvalue weighted by Crippen LogP contribution is -2.39. The van der Waals surface area contributed by atoms with E-state index >= 15 is 0 Å². The smallest absolute Gasteiger partial charge is 0.0167 e. The van der Waals surface area contributed by atoms with Crippen molar-refractivity contribution in [1.82, 2.24) is 4.90 Å². The highest BCUT2D eigenvalue weighted by Gasteiger charge is 2.33. The van der Waals surface area contributed by atoms with Crippen molar-refractivity contribution in [3.63, 3.8) is 0 Å². The van der Waals surface area contributed by atoms with Crippen LogP contribution in [0.3, 0.4) is 0 Å². The summed E-state index contributed by atoms with van der Waals surface area (Å²) in [6, 6.07) is 1.32. The molecule has 2 aliphatic rings. The minimum Gasteiger partial charge on any atom is -0.327 e. The lowest BCUT2D eigenvalue weighted by molar-refractivity contribution is 0.233. The average molecular weight is 196 g/mol. The fourth-order valence-corrected chi connectivity index (χ4v) is 2.21. The maximum atomic E-state index is 6.11. The van der Waals surface area contributed by atoms with E-state index in [-0.39, 0.29) is 0 Å². The number of hydrogen-bond acceptors (Lipinski definition) is 2. The zero-order valence-corrected chi connectivity index (χ0v) is 9.41. The molecule has 0 aliphatic heterocycles. The van der Waals surface area contributed by atoms with E-state index in [9.17, 15) is 0 Å². The van der Waals surface area contributed by atoms with Crippen LogP contribution in [-0.4, -0.2) is 30.1 Å². The first-order valence-electron chi connectivity index (χ1n) is 6.29. The molecule has 2 fully saturated rings. The molecule has 2 nitrogen and oxygen atoms in total. The quantitative estimate of drug-likeness (QED) is 0.674. The van der Waals surface area contributed by atoms with Crippen LogP contribution in [0.25, 0.3) is 0 Å². The summed E-state index contributed by atoms with van der Waals surface area (Å²) in [5.41, 5.74) is 6.11. The third kappa shape index (κ3) is 3.25. The van der Waals surface area contributed by atoms with Crippen LogP contribution in [0.15, 0.2) is 0 Å². The Labute approximate surface area is 87.8 Å². The molecule has 1 atom stereocenters. The van der Waals surface area contributed by atoms with Crippen molar-refractivity contribution in [2.24, 2.45) is 11.7 Å². The molecule has 0 aromatic heterocycles. The Balaban J connectivity index is 1.71. The van der Waals surface area contributed by atoms with Gasteiger partial charge in [0.2, 0.25) is 0 Å². The molecular weight excluding hydrogens is 172 g/mol. The average Bonchev–Trinajstić information content (AvgIpc) is 3.00. The molecule has 2 rings (SSSR count). The van der Waals surface area contributed by atoms with E-state index in [1.807, 2.05) is 0 Å². The highest BCUT2D eigenvalue weighted by atomic mass is 15.2. The van der Waals surface area contributed by atoms with Gasteiger partial charge >= 0.3 is 0 Å². The lowest BCUT2D eigenvalue weighted by Gasteiger charge is -2.25. The molecule has 2 saturated carbocycles. The summed E-state index contributed by atoms with van der Waals surface area (Å²) >= 11 is 0. The SMILES string of the molecule is CCCC(N)CN(CC1CC1)C1CC1. The van der Waals surface area contributed by atoms with Gasteiger partial charge in [-0.05, 0) is 38.0 Å². The minimum atomic E-state index is 0.416. The molecule has 2 heteroatoms. The number of nitrogens with two attached hydrogens (primary N) is 1. The maximum absolute atomic E-state index is 6.11. The molecule has 2 aliphatic carbocycles. The molecule has 2 N–H and O–H groups in total. The van der Waals surface area contributed by atoms with Crippen molar-refractivity contribution < 1.29 is 0 Å². The fourth-order valence-electron chi connectivity index (χ4n) is 2.21. The highest BCUT2D eigenvalue weighted by Crippen LogP contribution is 2.34. The maximum Gasteiger partial charge on any atom is 0.0167 e. The van der Waals surface area contributed by atoms with E-state index in [0.717, 1.165) is 18.5 Å². The van der Waals surface area contributed by atoms with Crippen LogP contribution in [0.4, 0.5) is 0 Å². The largest absolute Gasteiger partial charge is 0.327 e. The van der Waals surface area contributed by atoms with Crippen LogP contribution < -0.4 is 5.73 Å². The van der Waals surface area contributed by atoms with E-state index in [1.54, 1.807) is 0 Å². The molecular formula is C12H24N2. The highest BCUT2D eigenvalue weighted by molar-refractivity contribution is 4.89. The van der Waals surface area contributed by atoms with Gasteiger partial charge in [-0.1, -0.05) is 13.3 Å². The normalized spacial score (nSPS) is 24.2. The van der Waals surface area contributed by atoms with Gasteiger partial charge in [0.1, 0.15) is 0 Å². The predicted octanol–water partition coefficient (Wildman–Crippen LogP) is 1.99. The first kappa shape index (κ1) is 10.4. The van der Waals surface area contributed by atoms with Crippen LogP contribution in [0.5, 0.6) is 0 Å². The van der Waals surface area contributed by atoms with Crippen LogP contribution >= 0.6 is 0 Å². The van der Waals surface area contributed by atoms with Gasteiger partial charge in [-0.2, -0.15) is 0 Å². The Morgan fingerprint density at radius 3 is 2.50 bits per heavy atom. The molecule has 0 aromatic rings. The lowest BCUT2D eigenvalue weighted by atomic mass is 10.1. The minimum absolute atomic E-state index is 0.416. The molecule has 0 spiro atoms. The van der Waals surface area contributed by atoms with Crippen LogP contribution in [0.2, 0.25) is 0 Å². The summed E-state index contributed by atoms with van der Waals surface area (Å²) in [4.78, 5) is 2.66. The van der Waals surface area contributed by atoms with Gasteiger partial charge < -0.3 is 5.73 Å². The molecule has 1 unspecified atom stereocenters. The Morgan fingerprint density at radius 2 is 2.00 bits per heavy atom. The molecule has 82 valence electrons. The summed E-state index contributed by atoms with van der Waals surface area (Å²) in [6.45, 7) is 4.71. The second kappa shape index (κ2) is 4.63. The van der Waals surface area contributed by atoms with Crippen molar-refractivity contribution >= 4 is 0 Å². The van der Waals surface area contributed by atoms with Crippen LogP contribution in [0.1, 0.15) is 45.4 Å². The van der Waals surface area contributed by atoms with E-state index in [4.69, 9.17) is 5.73 Å².